The van der Waals surface area contributed by atoms with E-state index in [2.05, 4.69) is 10.3 Å². The number of halogens is 1. The maximum Gasteiger partial charge on any atom is 0.254 e. The molecule has 29 heavy (non-hydrogen) atoms. The monoisotopic (exact) mass is 413 g/mol. The van der Waals surface area contributed by atoms with Gasteiger partial charge in [-0.1, -0.05) is 30.5 Å². The smallest absolute Gasteiger partial charge is 0.254 e. The number of pyridine rings is 1. The SMILES string of the molecule is COc1ccc(NC(=O)[C@@H]2C[C@H]3CCCC[C@@H]3N2C(=O)c2cccc(Cl)c2)cn1. The van der Waals surface area contributed by atoms with Gasteiger partial charge >= 0.3 is 0 Å². The van der Waals surface area contributed by atoms with Crippen molar-refractivity contribution in [2.75, 3.05) is 12.4 Å². The van der Waals surface area contributed by atoms with E-state index in [0.717, 1.165) is 25.7 Å². The lowest BCUT2D eigenvalue weighted by molar-refractivity contribution is -0.120. The third-order valence-electron chi connectivity index (χ3n) is 5.91. The van der Waals surface area contributed by atoms with Crippen molar-refractivity contribution in [3.05, 3.63) is 53.2 Å². The summed E-state index contributed by atoms with van der Waals surface area (Å²) in [5, 5.41) is 3.43. The Kier molecular flexibility index (Phi) is 5.72. The van der Waals surface area contributed by atoms with Crippen molar-refractivity contribution in [1.82, 2.24) is 9.88 Å². The highest BCUT2D eigenvalue weighted by Gasteiger charge is 2.47. The van der Waals surface area contributed by atoms with Gasteiger partial charge in [0.1, 0.15) is 6.04 Å². The molecule has 1 saturated heterocycles. The number of anilines is 1. The molecule has 7 heteroatoms. The second-order valence-electron chi connectivity index (χ2n) is 7.66. The zero-order chi connectivity index (χ0) is 20.4. The fraction of sp³-hybridized carbons (Fsp3) is 0.409. The van der Waals surface area contributed by atoms with Crippen molar-refractivity contribution >= 4 is 29.1 Å². The van der Waals surface area contributed by atoms with Crippen LogP contribution in [0.2, 0.25) is 5.02 Å². The minimum absolute atomic E-state index is 0.0972. The van der Waals surface area contributed by atoms with Gasteiger partial charge in [0.15, 0.2) is 0 Å². The van der Waals surface area contributed by atoms with Crippen molar-refractivity contribution in [3.8, 4) is 5.88 Å². The fourth-order valence-electron chi connectivity index (χ4n) is 4.56. The Balaban J connectivity index is 1.58. The summed E-state index contributed by atoms with van der Waals surface area (Å²) in [6, 6.07) is 9.97. The van der Waals surface area contributed by atoms with Gasteiger partial charge in [-0.25, -0.2) is 4.98 Å². The van der Waals surface area contributed by atoms with Crippen molar-refractivity contribution in [2.24, 2.45) is 5.92 Å². The van der Waals surface area contributed by atoms with Crippen molar-refractivity contribution in [2.45, 2.75) is 44.2 Å². The van der Waals surface area contributed by atoms with E-state index in [1.807, 2.05) is 0 Å². The van der Waals surface area contributed by atoms with Gasteiger partial charge in [0.25, 0.3) is 5.91 Å². The molecule has 3 atom stereocenters. The van der Waals surface area contributed by atoms with Crippen LogP contribution in [0.15, 0.2) is 42.6 Å². The standard InChI is InChI=1S/C22H24ClN3O3/c1-29-20-10-9-17(13-24-20)25-21(27)19-12-14-5-2-3-8-18(14)26(19)22(28)15-6-4-7-16(23)11-15/h4,6-7,9-11,13-14,18-19H,2-3,5,8,12H2,1H3,(H,25,27)/t14-,18+,19+/m1/s1. The van der Waals surface area contributed by atoms with Crippen LogP contribution in [-0.2, 0) is 4.79 Å². The van der Waals surface area contributed by atoms with Crippen LogP contribution in [0.3, 0.4) is 0 Å². The number of carbonyl (C=O) groups is 2. The summed E-state index contributed by atoms with van der Waals surface area (Å²) in [7, 11) is 1.54. The van der Waals surface area contributed by atoms with Crippen molar-refractivity contribution < 1.29 is 14.3 Å². The number of ether oxygens (including phenoxy) is 1. The van der Waals surface area contributed by atoms with Gasteiger partial charge in [-0.15, -0.1) is 0 Å². The maximum absolute atomic E-state index is 13.4. The molecule has 0 bridgehead atoms. The quantitative estimate of drug-likeness (QED) is 0.817. The number of likely N-dealkylation sites (tertiary alicyclic amines) is 1. The maximum atomic E-state index is 13.4. The van der Waals surface area contributed by atoms with Gasteiger partial charge in [-0.3, -0.25) is 9.59 Å². The van der Waals surface area contributed by atoms with Crippen LogP contribution in [0, 0.1) is 5.92 Å². The van der Waals surface area contributed by atoms with Gasteiger partial charge in [-0.05, 0) is 49.4 Å². The van der Waals surface area contributed by atoms with Crippen molar-refractivity contribution in [1.29, 1.82) is 0 Å². The largest absolute Gasteiger partial charge is 0.481 e. The fourth-order valence-corrected chi connectivity index (χ4v) is 4.75. The molecule has 4 rings (SSSR count). The van der Waals surface area contributed by atoms with Gasteiger partial charge < -0.3 is 15.0 Å². The van der Waals surface area contributed by atoms with E-state index < -0.39 is 6.04 Å². The first-order chi connectivity index (χ1) is 14.1. The van der Waals surface area contributed by atoms with Crippen LogP contribution >= 0.6 is 11.6 Å². The molecule has 1 N–H and O–H groups in total. The molecule has 0 spiro atoms. The van der Waals surface area contributed by atoms with Crippen LogP contribution in [0.4, 0.5) is 5.69 Å². The van der Waals surface area contributed by atoms with E-state index in [9.17, 15) is 9.59 Å². The molecular formula is C22H24ClN3O3. The minimum atomic E-state index is -0.503. The first kappa shape index (κ1) is 19.7. The molecule has 2 heterocycles. The highest BCUT2D eigenvalue weighted by Crippen LogP contribution is 2.41. The lowest BCUT2D eigenvalue weighted by atomic mass is 9.84. The summed E-state index contributed by atoms with van der Waals surface area (Å²) in [5.74, 6) is 0.529. The van der Waals surface area contributed by atoms with Gasteiger partial charge in [0.05, 0.1) is 19.0 Å². The molecule has 2 fully saturated rings. The van der Waals surface area contributed by atoms with E-state index >= 15 is 0 Å². The predicted octanol–water partition coefficient (Wildman–Crippen LogP) is 4.16. The van der Waals surface area contributed by atoms with E-state index in [4.69, 9.17) is 16.3 Å². The van der Waals surface area contributed by atoms with Crippen LogP contribution in [0.5, 0.6) is 5.88 Å². The summed E-state index contributed by atoms with van der Waals surface area (Å²) >= 11 is 6.10. The van der Waals surface area contributed by atoms with Crippen LogP contribution < -0.4 is 10.1 Å². The number of fused-ring (bicyclic) bond motifs is 1. The normalized spacial score (nSPS) is 23.4. The number of amides is 2. The summed E-state index contributed by atoms with van der Waals surface area (Å²) in [6.45, 7) is 0. The topological polar surface area (TPSA) is 71.5 Å². The van der Waals surface area contributed by atoms with Gasteiger partial charge in [-0.2, -0.15) is 0 Å². The molecule has 0 unspecified atom stereocenters. The molecule has 152 valence electrons. The van der Waals surface area contributed by atoms with Crippen LogP contribution in [0.1, 0.15) is 42.5 Å². The van der Waals surface area contributed by atoms with Gasteiger partial charge in [0, 0.05) is 22.7 Å². The Morgan fingerprint density at radius 1 is 1.21 bits per heavy atom. The van der Waals surface area contributed by atoms with E-state index in [1.165, 1.54) is 0 Å². The Morgan fingerprint density at radius 2 is 2.03 bits per heavy atom. The Hall–Kier alpha value is -2.60. The molecule has 0 radical (unpaired) electrons. The van der Waals surface area contributed by atoms with Crippen molar-refractivity contribution in [3.63, 3.8) is 0 Å². The molecule has 6 nitrogen and oxygen atoms in total. The Bertz CT molecular complexity index is 902. The highest BCUT2D eigenvalue weighted by atomic mass is 35.5. The number of hydrogen-bond acceptors (Lipinski definition) is 4. The Morgan fingerprint density at radius 3 is 2.76 bits per heavy atom. The molecule has 1 aliphatic heterocycles. The number of methoxy groups -OCH3 is 1. The number of nitrogens with zero attached hydrogens (tertiary/aromatic N) is 2. The zero-order valence-corrected chi connectivity index (χ0v) is 17.1. The molecule has 2 aliphatic rings. The average molecular weight is 414 g/mol. The molecule has 2 aromatic rings. The average Bonchev–Trinajstić information content (AvgIpc) is 3.13. The number of rotatable bonds is 4. The number of carbonyl (C=O) groups excluding carboxylic acids is 2. The van der Waals surface area contributed by atoms with Gasteiger partial charge in [0.2, 0.25) is 11.8 Å². The first-order valence-electron chi connectivity index (χ1n) is 9.96. The predicted molar refractivity (Wildman–Crippen MR) is 111 cm³/mol. The number of aromatic nitrogens is 1. The highest BCUT2D eigenvalue weighted by molar-refractivity contribution is 6.31. The third-order valence-corrected chi connectivity index (χ3v) is 6.14. The number of benzene rings is 1. The summed E-state index contributed by atoms with van der Waals surface area (Å²) in [5.41, 5.74) is 1.11. The lowest BCUT2D eigenvalue weighted by Gasteiger charge is -2.33. The van der Waals surface area contributed by atoms with E-state index in [0.29, 0.717) is 34.5 Å². The number of nitrogens with one attached hydrogen (secondary N) is 1. The molecule has 1 saturated carbocycles. The molecule has 2 amide bonds. The molecule has 1 aliphatic carbocycles. The summed E-state index contributed by atoms with van der Waals surface area (Å²) < 4.78 is 5.06. The lowest BCUT2D eigenvalue weighted by Crippen LogP contribution is -2.47. The summed E-state index contributed by atoms with van der Waals surface area (Å²) in [6.07, 6.45) is 6.46. The second-order valence-corrected chi connectivity index (χ2v) is 8.10. The van der Waals surface area contributed by atoms with Crippen LogP contribution in [0.25, 0.3) is 0 Å². The second kappa shape index (κ2) is 8.41. The zero-order valence-electron chi connectivity index (χ0n) is 16.3. The Labute approximate surface area is 175 Å². The third kappa shape index (κ3) is 4.08. The molecule has 1 aromatic heterocycles. The van der Waals surface area contributed by atoms with E-state index in [1.54, 1.807) is 54.6 Å². The number of hydrogen-bond donors (Lipinski definition) is 1. The minimum Gasteiger partial charge on any atom is -0.481 e. The molecule has 1 aromatic carbocycles. The van der Waals surface area contributed by atoms with Crippen LogP contribution in [-0.4, -0.2) is 40.9 Å². The summed E-state index contributed by atoms with van der Waals surface area (Å²) in [4.78, 5) is 32.4. The van der Waals surface area contributed by atoms with E-state index in [-0.39, 0.29) is 17.9 Å². The molecular weight excluding hydrogens is 390 g/mol. The first-order valence-corrected chi connectivity index (χ1v) is 10.3.